The molecule has 0 radical (unpaired) electrons. The minimum absolute atomic E-state index is 0.0682. The van der Waals surface area contributed by atoms with Crippen LogP contribution in [0.1, 0.15) is 81.6 Å². The van der Waals surface area contributed by atoms with Crippen LogP contribution in [0.3, 0.4) is 0 Å². The number of likely N-dealkylation sites (tertiary alicyclic amines) is 1. The van der Waals surface area contributed by atoms with Gasteiger partial charge in [-0.3, -0.25) is 19.3 Å². The first-order valence-electron chi connectivity index (χ1n) is 9.26. The van der Waals surface area contributed by atoms with Crippen molar-refractivity contribution < 1.29 is 14.4 Å². The molecule has 0 saturated carbocycles. The van der Waals surface area contributed by atoms with E-state index in [0.29, 0.717) is 6.42 Å². The van der Waals surface area contributed by atoms with E-state index in [9.17, 15) is 14.4 Å². The van der Waals surface area contributed by atoms with Gasteiger partial charge in [-0.1, -0.05) is 34.6 Å². The maximum absolute atomic E-state index is 13.0. The summed E-state index contributed by atoms with van der Waals surface area (Å²) in [6.07, 6.45) is 1.35. The molecule has 0 aromatic carbocycles. The highest BCUT2D eigenvalue weighted by atomic mass is 32.1. The Hall–Kier alpha value is -1.04. The molecule has 0 aromatic heterocycles. The van der Waals surface area contributed by atoms with Crippen molar-refractivity contribution in [3.8, 4) is 0 Å². The molecule has 1 aliphatic rings. The summed E-state index contributed by atoms with van der Waals surface area (Å²) in [5.74, 6) is -0.557. The lowest BCUT2D eigenvalue weighted by Crippen LogP contribution is -2.55. The molecule has 5 nitrogen and oxygen atoms in total. The normalized spacial score (nSPS) is 19.9. The van der Waals surface area contributed by atoms with Gasteiger partial charge in [0.05, 0.1) is 5.25 Å². The molecule has 1 unspecified atom stereocenters. The van der Waals surface area contributed by atoms with Gasteiger partial charge >= 0.3 is 0 Å². The molecular formula is C20H36N2O3S. The number of amides is 3. The highest BCUT2D eigenvalue weighted by Crippen LogP contribution is 2.37. The molecule has 0 aromatic rings. The number of rotatable bonds is 6. The maximum atomic E-state index is 13.0. The molecule has 1 saturated heterocycles. The highest BCUT2D eigenvalue weighted by molar-refractivity contribution is 7.81. The number of hydrogen-bond donors (Lipinski definition) is 2. The first-order valence-corrected chi connectivity index (χ1v) is 9.77. The molecule has 0 bridgehead atoms. The lowest BCUT2D eigenvalue weighted by molar-refractivity contribution is -0.148. The van der Waals surface area contributed by atoms with Crippen molar-refractivity contribution in [3.05, 3.63) is 0 Å². The molecule has 26 heavy (non-hydrogen) atoms. The third kappa shape index (κ3) is 5.73. The zero-order valence-electron chi connectivity index (χ0n) is 17.8. The minimum Gasteiger partial charge on any atom is -0.351 e. The van der Waals surface area contributed by atoms with Crippen LogP contribution in [0.4, 0.5) is 0 Å². The maximum Gasteiger partial charge on any atom is 0.243 e. The zero-order chi connectivity index (χ0) is 20.7. The Labute approximate surface area is 164 Å². The van der Waals surface area contributed by atoms with Crippen molar-refractivity contribution in [2.75, 3.05) is 0 Å². The Kier molecular flexibility index (Phi) is 6.35. The van der Waals surface area contributed by atoms with Crippen LogP contribution in [0.5, 0.6) is 0 Å². The number of nitrogens with zero attached hydrogens (tertiary/aromatic N) is 1. The van der Waals surface area contributed by atoms with Gasteiger partial charge < -0.3 is 5.32 Å². The van der Waals surface area contributed by atoms with Crippen molar-refractivity contribution in [1.29, 1.82) is 0 Å². The monoisotopic (exact) mass is 384 g/mol. The molecule has 1 aliphatic heterocycles. The predicted octanol–water partition coefficient (Wildman–Crippen LogP) is 3.57. The molecule has 150 valence electrons. The molecule has 1 fully saturated rings. The van der Waals surface area contributed by atoms with E-state index in [1.54, 1.807) is 0 Å². The smallest absolute Gasteiger partial charge is 0.243 e. The third-order valence-electron chi connectivity index (χ3n) is 4.64. The zero-order valence-corrected chi connectivity index (χ0v) is 18.7. The summed E-state index contributed by atoms with van der Waals surface area (Å²) in [5.41, 5.74) is -1.73. The van der Waals surface area contributed by atoms with Crippen LogP contribution < -0.4 is 5.32 Å². The van der Waals surface area contributed by atoms with E-state index in [4.69, 9.17) is 0 Å². The van der Waals surface area contributed by atoms with Crippen LogP contribution in [0, 0.1) is 10.8 Å². The average Bonchev–Trinajstić information content (AvgIpc) is 2.57. The highest BCUT2D eigenvalue weighted by Gasteiger charge is 2.48. The number of carbonyl (C=O) groups excluding carboxylic acids is 3. The summed E-state index contributed by atoms with van der Waals surface area (Å²) in [5, 5.41) is 2.58. The largest absolute Gasteiger partial charge is 0.351 e. The average molecular weight is 385 g/mol. The van der Waals surface area contributed by atoms with Gasteiger partial charge in [0.25, 0.3) is 0 Å². The van der Waals surface area contributed by atoms with Gasteiger partial charge in [0.1, 0.15) is 0 Å². The second kappa shape index (κ2) is 7.17. The number of nitrogens with one attached hydrogen (secondary N) is 1. The number of imide groups is 1. The summed E-state index contributed by atoms with van der Waals surface area (Å²) >= 11 is 4.19. The van der Waals surface area contributed by atoms with E-state index in [2.05, 4.69) is 38.7 Å². The third-order valence-corrected chi connectivity index (χ3v) is 5.05. The van der Waals surface area contributed by atoms with Crippen LogP contribution >= 0.6 is 12.6 Å². The number of thiol groups is 1. The van der Waals surface area contributed by atoms with Crippen molar-refractivity contribution >= 4 is 30.4 Å². The molecule has 1 heterocycles. The summed E-state index contributed by atoms with van der Waals surface area (Å²) in [7, 11) is 0. The summed E-state index contributed by atoms with van der Waals surface area (Å²) < 4.78 is 0. The molecule has 6 heteroatoms. The van der Waals surface area contributed by atoms with E-state index in [1.165, 1.54) is 4.90 Å². The summed E-state index contributed by atoms with van der Waals surface area (Å²) in [6.45, 7) is 17.9. The second-order valence-corrected chi connectivity index (χ2v) is 11.4. The van der Waals surface area contributed by atoms with E-state index >= 15 is 0 Å². The van der Waals surface area contributed by atoms with Gasteiger partial charge in [0.2, 0.25) is 17.7 Å². The Balaban J connectivity index is 2.91. The Morgan fingerprint density at radius 1 is 1.04 bits per heavy atom. The van der Waals surface area contributed by atoms with Gasteiger partial charge in [-0.05, 0) is 46.0 Å². The van der Waals surface area contributed by atoms with Gasteiger partial charge in [0, 0.05) is 22.9 Å². The standard InChI is InChI=1S/C20H36N2O3S/c1-17(2,3)11-19(6,7)21-16(25)18(4,5)12-20(8,9)22-14(23)10-13(26)15(22)24/h13,26H,10-12H2,1-9H3,(H,21,25). The predicted molar refractivity (Wildman–Crippen MR) is 108 cm³/mol. The van der Waals surface area contributed by atoms with Crippen molar-refractivity contribution in [2.45, 2.75) is 97.9 Å². The Morgan fingerprint density at radius 2 is 1.54 bits per heavy atom. The van der Waals surface area contributed by atoms with Gasteiger partial charge in [-0.25, -0.2) is 0 Å². The quantitative estimate of drug-likeness (QED) is 0.543. The Morgan fingerprint density at radius 3 is 1.92 bits per heavy atom. The molecular weight excluding hydrogens is 348 g/mol. The van der Waals surface area contributed by atoms with Gasteiger partial charge in [-0.2, -0.15) is 12.6 Å². The summed E-state index contributed by atoms with van der Waals surface area (Å²) in [4.78, 5) is 38.8. The number of hydrogen-bond acceptors (Lipinski definition) is 4. The van der Waals surface area contributed by atoms with E-state index < -0.39 is 16.2 Å². The first-order chi connectivity index (χ1) is 11.4. The van der Waals surface area contributed by atoms with Gasteiger partial charge in [0.15, 0.2) is 0 Å². The fourth-order valence-corrected chi connectivity index (χ4v) is 4.61. The van der Waals surface area contributed by atoms with Crippen LogP contribution in [0.2, 0.25) is 0 Å². The fraction of sp³-hybridized carbons (Fsp3) is 0.850. The van der Waals surface area contributed by atoms with Crippen molar-refractivity contribution in [1.82, 2.24) is 10.2 Å². The lowest BCUT2D eigenvalue weighted by atomic mass is 9.76. The summed E-state index contributed by atoms with van der Waals surface area (Å²) in [6, 6.07) is 0. The SMILES string of the molecule is CC(C)(C)CC(C)(C)NC(=O)C(C)(C)CC(C)(C)N1C(=O)CC(S)C1=O. The van der Waals surface area contributed by atoms with Crippen molar-refractivity contribution in [2.24, 2.45) is 10.8 Å². The van der Waals surface area contributed by atoms with Crippen LogP contribution in [0.15, 0.2) is 0 Å². The van der Waals surface area contributed by atoms with E-state index in [-0.39, 0.29) is 35.1 Å². The number of carbonyl (C=O) groups is 3. The van der Waals surface area contributed by atoms with Crippen molar-refractivity contribution in [3.63, 3.8) is 0 Å². The molecule has 0 spiro atoms. The molecule has 1 atom stereocenters. The molecule has 1 N–H and O–H groups in total. The lowest BCUT2D eigenvalue weighted by Gasteiger charge is -2.41. The topological polar surface area (TPSA) is 66.5 Å². The fourth-order valence-electron chi connectivity index (χ4n) is 4.34. The second-order valence-electron chi connectivity index (χ2n) is 10.7. The Bertz CT molecular complexity index is 588. The van der Waals surface area contributed by atoms with Gasteiger partial charge in [-0.15, -0.1) is 0 Å². The van der Waals surface area contributed by atoms with Crippen LogP contribution in [-0.2, 0) is 14.4 Å². The molecule has 3 amide bonds. The van der Waals surface area contributed by atoms with E-state index in [0.717, 1.165) is 6.42 Å². The minimum atomic E-state index is -0.749. The van der Waals surface area contributed by atoms with E-state index in [1.807, 2.05) is 41.5 Å². The van der Waals surface area contributed by atoms with Crippen LogP contribution in [-0.4, -0.2) is 38.9 Å². The molecule has 0 aliphatic carbocycles. The van der Waals surface area contributed by atoms with Crippen LogP contribution in [0.25, 0.3) is 0 Å². The molecule has 1 rings (SSSR count). The first kappa shape index (κ1) is 23.0.